The number of non-ortho nitro benzene ring substituents is 1. The zero-order valence-corrected chi connectivity index (χ0v) is 14.3. The first-order valence-corrected chi connectivity index (χ1v) is 8.21. The van der Waals surface area contributed by atoms with Crippen LogP contribution in [0.5, 0.6) is 0 Å². The van der Waals surface area contributed by atoms with Crippen LogP contribution in [0.3, 0.4) is 0 Å². The molecule has 134 valence electrons. The number of ether oxygens (including phenoxy) is 1. The predicted octanol–water partition coefficient (Wildman–Crippen LogP) is 3.00. The summed E-state index contributed by atoms with van der Waals surface area (Å²) in [6.07, 6.45) is 0.118. The van der Waals surface area contributed by atoms with Gasteiger partial charge in [0.05, 0.1) is 10.8 Å². The van der Waals surface area contributed by atoms with Gasteiger partial charge in [0.1, 0.15) is 6.61 Å². The minimum Gasteiger partial charge on any atom is -0.461 e. The average Bonchev–Trinajstić information content (AvgIpc) is 3.02. The second-order valence-corrected chi connectivity index (χ2v) is 6.28. The maximum absolute atomic E-state index is 12.3. The monoisotopic (exact) mass is 354 g/mol. The topological polar surface area (TPSA) is 89.8 Å². The number of nitro benzene ring substituents is 1. The quantitative estimate of drug-likeness (QED) is 0.468. The first kappa shape index (κ1) is 17.6. The third-order valence-corrected chi connectivity index (χ3v) is 4.30. The van der Waals surface area contributed by atoms with E-state index in [0.29, 0.717) is 12.1 Å². The molecule has 0 N–H and O–H groups in total. The van der Waals surface area contributed by atoms with Crippen molar-refractivity contribution in [2.45, 2.75) is 20.0 Å². The number of carbonyl (C=O) groups is 2. The van der Waals surface area contributed by atoms with E-state index in [1.54, 1.807) is 17.0 Å². The normalized spacial score (nSPS) is 16.6. The standard InChI is InChI=1S/C19H18N2O5/c1-13-3-2-4-17(9-13)20-11-15(10-18(20)22)19(23)26-12-14-5-7-16(8-6-14)21(24)25/h2-9,15H,10-12H2,1H3/t15-/m0/s1. The zero-order valence-electron chi connectivity index (χ0n) is 14.3. The van der Waals surface area contributed by atoms with Gasteiger partial charge < -0.3 is 9.64 Å². The van der Waals surface area contributed by atoms with Gasteiger partial charge in [0.2, 0.25) is 5.91 Å². The Labute approximate surface area is 150 Å². The van der Waals surface area contributed by atoms with Gasteiger partial charge in [0.15, 0.2) is 0 Å². The van der Waals surface area contributed by atoms with Crippen molar-refractivity contribution >= 4 is 23.3 Å². The van der Waals surface area contributed by atoms with Gasteiger partial charge in [-0.2, -0.15) is 0 Å². The van der Waals surface area contributed by atoms with E-state index in [9.17, 15) is 19.7 Å². The molecule has 2 aromatic rings. The molecule has 1 atom stereocenters. The second kappa shape index (κ2) is 7.35. The van der Waals surface area contributed by atoms with Gasteiger partial charge in [-0.15, -0.1) is 0 Å². The van der Waals surface area contributed by atoms with Crippen LogP contribution in [-0.2, 0) is 20.9 Å². The predicted molar refractivity (Wildman–Crippen MR) is 94.5 cm³/mol. The van der Waals surface area contributed by atoms with Crippen LogP contribution in [0.25, 0.3) is 0 Å². The Kier molecular flexibility index (Phi) is 4.97. The Morgan fingerprint density at radius 1 is 1.27 bits per heavy atom. The molecule has 7 nitrogen and oxygen atoms in total. The van der Waals surface area contributed by atoms with Crippen molar-refractivity contribution < 1.29 is 19.2 Å². The number of nitrogens with zero attached hydrogens (tertiary/aromatic N) is 2. The van der Waals surface area contributed by atoms with E-state index in [1.807, 2.05) is 31.2 Å². The number of carbonyl (C=O) groups excluding carboxylic acids is 2. The first-order chi connectivity index (χ1) is 12.4. The van der Waals surface area contributed by atoms with E-state index in [0.717, 1.165) is 11.3 Å². The highest BCUT2D eigenvalue weighted by Crippen LogP contribution is 2.26. The van der Waals surface area contributed by atoms with Crippen molar-refractivity contribution in [3.63, 3.8) is 0 Å². The van der Waals surface area contributed by atoms with Gasteiger partial charge in [-0.25, -0.2) is 0 Å². The Balaban J connectivity index is 1.58. The maximum atomic E-state index is 12.3. The molecule has 1 fully saturated rings. The van der Waals surface area contributed by atoms with Crippen LogP contribution in [0.15, 0.2) is 48.5 Å². The first-order valence-electron chi connectivity index (χ1n) is 8.21. The molecule has 0 aliphatic carbocycles. The van der Waals surface area contributed by atoms with Gasteiger partial charge in [0.25, 0.3) is 5.69 Å². The molecule has 0 bridgehead atoms. The molecule has 3 rings (SSSR count). The highest BCUT2D eigenvalue weighted by Gasteiger charge is 2.36. The fraction of sp³-hybridized carbons (Fsp3) is 0.263. The van der Waals surface area contributed by atoms with Crippen molar-refractivity contribution in [3.05, 3.63) is 69.8 Å². The lowest BCUT2D eigenvalue weighted by Crippen LogP contribution is -2.26. The largest absolute Gasteiger partial charge is 0.461 e. The summed E-state index contributed by atoms with van der Waals surface area (Å²) in [6, 6.07) is 13.4. The average molecular weight is 354 g/mol. The van der Waals surface area contributed by atoms with Crippen molar-refractivity contribution in [3.8, 4) is 0 Å². The molecule has 1 aliphatic rings. The molecule has 7 heteroatoms. The summed E-state index contributed by atoms with van der Waals surface area (Å²) in [7, 11) is 0. The number of aryl methyl sites for hydroxylation is 1. The fourth-order valence-corrected chi connectivity index (χ4v) is 2.90. The van der Waals surface area contributed by atoms with Crippen LogP contribution in [0.1, 0.15) is 17.5 Å². The summed E-state index contributed by atoms with van der Waals surface area (Å²) in [5.74, 6) is -1.05. The number of hydrogen-bond acceptors (Lipinski definition) is 5. The number of esters is 1. The molecule has 1 saturated heterocycles. The van der Waals surface area contributed by atoms with Gasteiger partial charge in [-0.05, 0) is 42.3 Å². The second-order valence-electron chi connectivity index (χ2n) is 6.28. The number of nitro groups is 1. The Morgan fingerprint density at radius 2 is 2.00 bits per heavy atom. The lowest BCUT2D eigenvalue weighted by atomic mass is 10.1. The molecule has 1 amide bonds. The van der Waals surface area contributed by atoms with Crippen LogP contribution in [0.4, 0.5) is 11.4 Å². The molecule has 1 heterocycles. The fourth-order valence-electron chi connectivity index (χ4n) is 2.90. The van der Waals surface area contributed by atoms with Gasteiger partial charge in [-0.3, -0.25) is 19.7 Å². The summed E-state index contributed by atoms with van der Waals surface area (Å²) in [6.45, 7) is 2.26. The van der Waals surface area contributed by atoms with E-state index in [-0.39, 0.29) is 24.6 Å². The number of rotatable bonds is 5. The smallest absolute Gasteiger partial charge is 0.311 e. The van der Waals surface area contributed by atoms with E-state index in [2.05, 4.69) is 0 Å². The van der Waals surface area contributed by atoms with E-state index >= 15 is 0 Å². The molecule has 0 unspecified atom stereocenters. The number of benzene rings is 2. The van der Waals surface area contributed by atoms with E-state index < -0.39 is 16.8 Å². The number of hydrogen-bond donors (Lipinski definition) is 0. The molecule has 0 aromatic heterocycles. The SMILES string of the molecule is Cc1cccc(N2C[C@@H](C(=O)OCc3ccc([N+](=O)[O-])cc3)CC2=O)c1. The zero-order chi connectivity index (χ0) is 18.7. The van der Waals surface area contributed by atoms with Gasteiger partial charge >= 0.3 is 5.97 Å². The number of amides is 1. The molecular formula is C19H18N2O5. The number of anilines is 1. The Morgan fingerprint density at radius 3 is 2.65 bits per heavy atom. The van der Waals surface area contributed by atoms with Crippen LogP contribution >= 0.6 is 0 Å². The molecule has 26 heavy (non-hydrogen) atoms. The van der Waals surface area contributed by atoms with Crippen LogP contribution < -0.4 is 4.90 Å². The Hall–Kier alpha value is -3.22. The summed E-state index contributed by atoms with van der Waals surface area (Å²) in [5.41, 5.74) is 2.46. The third-order valence-electron chi connectivity index (χ3n) is 4.30. The summed E-state index contributed by atoms with van der Waals surface area (Å²) >= 11 is 0. The molecule has 0 radical (unpaired) electrons. The highest BCUT2D eigenvalue weighted by molar-refractivity contribution is 5.99. The maximum Gasteiger partial charge on any atom is 0.311 e. The van der Waals surface area contributed by atoms with E-state index in [1.165, 1.54) is 12.1 Å². The lowest BCUT2D eigenvalue weighted by molar-refractivity contribution is -0.384. The summed E-state index contributed by atoms with van der Waals surface area (Å²) < 4.78 is 5.28. The third kappa shape index (κ3) is 3.88. The molecule has 0 spiro atoms. The van der Waals surface area contributed by atoms with Crippen LogP contribution in [0, 0.1) is 23.0 Å². The van der Waals surface area contributed by atoms with Gasteiger partial charge in [-0.1, -0.05) is 12.1 Å². The van der Waals surface area contributed by atoms with Crippen LogP contribution in [0.2, 0.25) is 0 Å². The molecule has 1 aliphatic heterocycles. The lowest BCUT2D eigenvalue weighted by Gasteiger charge is -2.17. The minimum atomic E-state index is -0.513. The van der Waals surface area contributed by atoms with E-state index in [4.69, 9.17) is 4.74 Å². The molecular weight excluding hydrogens is 336 g/mol. The highest BCUT2D eigenvalue weighted by atomic mass is 16.6. The summed E-state index contributed by atoms with van der Waals surface area (Å²) in [4.78, 5) is 36.3. The van der Waals surface area contributed by atoms with Crippen molar-refractivity contribution in [2.75, 3.05) is 11.4 Å². The van der Waals surface area contributed by atoms with Crippen molar-refractivity contribution in [1.82, 2.24) is 0 Å². The van der Waals surface area contributed by atoms with Crippen molar-refractivity contribution in [2.24, 2.45) is 5.92 Å². The minimum absolute atomic E-state index is 0.0183. The summed E-state index contributed by atoms with van der Waals surface area (Å²) in [5, 5.41) is 10.6. The Bertz CT molecular complexity index is 847. The molecule has 2 aromatic carbocycles. The van der Waals surface area contributed by atoms with Gasteiger partial charge in [0, 0.05) is 30.8 Å². The van der Waals surface area contributed by atoms with Crippen molar-refractivity contribution in [1.29, 1.82) is 0 Å². The molecule has 0 saturated carbocycles. The van der Waals surface area contributed by atoms with Crippen LogP contribution in [-0.4, -0.2) is 23.3 Å².